The van der Waals surface area contributed by atoms with Crippen LogP contribution < -0.4 is 15.8 Å². The topological polar surface area (TPSA) is 110 Å². The van der Waals surface area contributed by atoms with Crippen molar-refractivity contribution in [3.05, 3.63) is 66.9 Å². The molecule has 0 amide bonds. The molecule has 0 fully saturated rings. The maximum Gasteiger partial charge on any atom is 0.208 e. The number of nitrogen functional groups attached to an aromatic ring is 1. The van der Waals surface area contributed by atoms with Crippen LogP contribution in [0.15, 0.2) is 76.7 Å². The molecule has 4 rings (SSSR count). The molecule has 0 aliphatic heterocycles. The van der Waals surface area contributed by atoms with Gasteiger partial charge in [-0.3, -0.25) is 0 Å². The van der Waals surface area contributed by atoms with Crippen LogP contribution >= 0.6 is 0 Å². The number of hydrogen-bond acceptors (Lipinski definition) is 6. The SMILES string of the molecule is COc1cccc(S(=O)(=O)c2c[nH]c3nc(Nc4ccccc4N)ccc23)c1. The molecule has 0 saturated carbocycles. The van der Waals surface area contributed by atoms with Crippen LogP contribution in [0.1, 0.15) is 0 Å². The second-order valence-corrected chi connectivity index (χ2v) is 8.06. The Morgan fingerprint density at radius 1 is 1.07 bits per heavy atom. The Hall–Kier alpha value is -3.52. The third kappa shape index (κ3) is 3.14. The fraction of sp³-hybridized carbons (Fsp3) is 0.0500. The van der Waals surface area contributed by atoms with Gasteiger partial charge in [0.2, 0.25) is 9.84 Å². The fourth-order valence-electron chi connectivity index (χ4n) is 2.92. The molecule has 0 aliphatic carbocycles. The first-order valence-corrected chi connectivity index (χ1v) is 9.96. The highest BCUT2D eigenvalue weighted by atomic mass is 32.2. The molecular weight excluding hydrogens is 376 g/mol. The zero-order chi connectivity index (χ0) is 19.7. The number of ether oxygens (including phenoxy) is 1. The maximum absolute atomic E-state index is 13.1. The van der Waals surface area contributed by atoms with Gasteiger partial charge in [-0.15, -0.1) is 0 Å². The molecule has 2 aromatic heterocycles. The summed E-state index contributed by atoms with van der Waals surface area (Å²) < 4.78 is 31.3. The van der Waals surface area contributed by atoms with E-state index in [1.54, 1.807) is 30.3 Å². The highest BCUT2D eigenvalue weighted by Crippen LogP contribution is 2.30. The number of rotatable bonds is 5. The van der Waals surface area contributed by atoms with Gasteiger partial charge < -0.3 is 20.8 Å². The van der Waals surface area contributed by atoms with Crippen LogP contribution in [-0.4, -0.2) is 25.5 Å². The van der Waals surface area contributed by atoms with Crippen molar-refractivity contribution in [2.24, 2.45) is 0 Å². The summed E-state index contributed by atoms with van der Waals surface area (Å²) in [7, 11) is -2.23. The van der Waals surface area contributed by atoms with E-state index in [0.717, 1.165) is 5.69 Å². The van der Waals surface area contributed by atoms with Gasteiger partial charge >= 0.3 is 0 Å². The van der Waals surface area contributed by atoms with Gasteiger partial charge in [-0.2, -0.15) is 0 Å². The van der Waals surface area contributed by atoms with Crippen LogP contribution in [0, 0.1) is 0 Å². The van der Waals surface area contributed by atoms with Crippen LogP contribution in [0.5, 0.6) is 5.75 Å². The van der Waals surface area contributed by atoms with E-state index < -0.39 is 9.84 Å². The van der Waals surface area contributed by atoms with Gasteiger partial charge in [0, 0.05) is 11.6 Å². The fourth-order valence-corrected chi connectivity index (χ4v) is 4.37. The molecule has 4 aromatic rings. The summed E-state index contributed by atoms with van der Waals surface area (Å²) in [5.74, 6) is 1.03. The van der Waals surface area contributed by atoms with Crippen molar-refractivity contribution in [1.29, 1.82) is 0 Å². The minimum Gasteiger partial charge on any atom is -0.497 e. The number of sulfone groups is 1. The van der Waals surface area contributed by atoms with Crippen LogP contribution in [0.25, 0.3) is 11.0 Å². The van der Waals surface area contributed by atoms with Crippen molar-refractivity contribution in [2.45, 2.75) is 9.79 Å². The van der Waals surface area contributed by atoms with Crippen molar-refractivity contribution in [3.63, 3.8) is 0 Å². The van der Waals surface area contributed by atoms with Crippen molar-refractivity contribution in [2.75, 3.05) is 18.2 Å². The molecule has 28 heavy (non-hydrogen) atoms. The third-order valence-corrected chi connectivity index (χ3v) is 6.16. The zero-order valence-corrected chi connectivity index (χ0v) is 15.8. The molecule has 8 heteroatoms. The first kappa shape index (κ1) is 17.9. The van der Waals surface area contributed by atoms with Crippen LogP contribution in [0.2, 0.25) is 0 Å². The molecule has 0 saturated heterocycles. The lowest BCUT2D eigenvalue weighted by molar-refractivity contribution is 0.413. The van der Waals surface area contributed by atoms with Gasteiger partial charge in [0.05, 0.1) is 28.3 Å². The molecule has 0 atom stereocenters. The van der Waals surface area contributed by atoms with E-state index in [1.807, 2.05) is 18.2 Å². The Bertz CT molecular complexity index is 1270. The number of anilines is 3. The lowest BCUT2D eigenvalue weighted by Gasteiger charge is -2.08. The Morgan fingerprint density at radius 3 is 2.68 bits per heavy atom. The van der Waals surface area contributed by atoms with Gasteiger partial charge in [0.25, 0.3) is 0 Å². The van der Waals surface area contributed by atoms with Crippen molar-refractivity contribution in [1.82, 2.24) is 9.97 Å². The predicted octanol–water partition coefficient (Wildman–Crippen LogP) is 3.73. The number of nitrogens with zero attached hydrogens (tertiary/aromatic N) is 1. The van der Waals surface area contributed by atoms with E-state index in [9.17, 15) is 8.42 Å². The lowest BCUT2D eigenvalue weighted by atomic mass is 10.2. The molecule has 4 N–H and O–H groups in total. The van der Waals surface area contributed by atoms with Crippen LogP contribution in [-0.2, 0) is 9.84 Å². The average Bonchev–Trinajstić information content (AvgIpc) is 3.14. The Labute approximate surface area is 162 Å². The minimum atomic E-state index is -3.72. The summed E-state index contributed by atoms with van der Waals surface area (Å²) in [6.45, 7) is 0. The maximum atomic E-state index is 13.1. The third-order valence-electron chi connectivity index (χ3n) is 4.37. The summed E-state index contributed by atoms with van der Waals surface area (Å²) in [5.41, 5.74) is 7.72. The Kier molecular flexibility index (Phi) is 4.40. The van der Waals surface area contributed by atoms with Crippen molar-refractivity contribution in [3.8, 4) is 5.75 Å². The molecule has 0 spiro atoms. The number of methoxy groups -OCH3 is 1. The number of hydrogen-bond donors (Lipinski definition) is 3. The number of fused-ring (bicyclic) bond motifs is 1. The number of nitrogens with two attached hydrogens (primary N) is 1. The largest absolute Gasteiger partial charge is 0.497 e. The highest BCUT2D eigenvalue weighted by molar-refractivity contribution is 7.91. The quantitative estimate of drug-likeness (QED) is 0.445. The summed E-state index contributed by atoms with van der Waals surface area (Å²) in [5, 5.41) is 3.65. The summed E-state index contributed by atoms with van der Waals surface area (Å²) >= 11 is 0. The number of para-hydroxylation sites is 2. The van der Waals surface area contributed by atoms with E-state index in [-0.39, 0.29) is 9.79 Å². The molecule has 2 aromatic carbocycles. The van der Waals surface area contributed by atoms with E-state index in [1.165, 1.54) is 25.4 Å². The summed E-state index contributed by atoms with van der Waals surface area (Å²) in [6, 6.07) is 17.1. The Morgan fingerprint density at radius 2 is 1.89 bits per heavy atom. The molecular formula is C20H18N4O3S. The molecule has 7 nitrogen and oxygen atoms in total. The predicted molar refractivity (Wildman–Crippen MR) is 109 cm³/mol. The number of aromatic nitrogens is 2. The minimum absolute atomic E-state index is 0.159. The van der Waals surface area contributed by atoms with Gasteiger partial charge in [-0.05, 0) is 42.5 Å². The Balaban J connectivity index is 1.73. The van der Waals surface area contributed by atoms with Crippen molar-refractivity contribution >= 4 is 38.1 Å². The highest BCUT2D eigenvalue weighted by Gasteiger charge is 2.23. The number of benzene rings is 2. The molecule has 142 valence electrons. The summed E-state index contributed by atoms with van der Waals surface area (Å²) in [6.07, 6.45) is 1.45. The summed E-state index contributed by atoms with van der Waals surface area (Å²) in [4.78, 5) is 7.72. The molecule has 0 aliphatic rings. The van der Waals surface area contributed by atoms with Gasteiger partial charge in [0.15, 0.2) is 0 Å². The molecule has 0 unspecified atom stereocenters. The number of pyridine rings is 1. The molecule has 0 radical (unpaired) electrons. The molecule has 0 bridgehead atoms. The number of nitrogens with one attached hydrogen (secondary N) is 2. The van der Waals surface area contributed by atoms with E-state index in [2.05, 4.69) is 15.3 Å². The van der Waals surface area contributed by atoms with Gasteiger partial charge in [-0.1, -0.05) is 18.2 Å². The second kappa shape index (κ2) is 6.90. The first-order valence-electron chi connectivity index (χ1n) is 8.48. The monoisotopic (exact) mass is 394 g/mol. The zero-order valence-electron chi connectivity index (χ0n) is 15.0. The smallest absolute Gasteiger partial charge is 0.208 e. The van der Waals surface area contributed by atoms with E-state index >= 15 is 0 Å². The second-order valence-electron chi connectivity index (χ2n) is 6.14. The standard InChI is InChI=1S/C20H18N4O3S/c1-27-13-5-4-6-14(11-13)28(25,26)18-12-22-20-15(18)9-10-19(24-20)23-17-8-3-2-7-16(17)21/h2-12H,21H2,1H3,(H2,22,23,24). The number of aromatic amines is 1. The van der Waals surface area contributed by atoms with Crippen molar-refractivity contribution < 1.29 is 13.2 Å². The normalized spacial score (nSPS) is 11.5. The average molecular weight is 394 g/mol. The van der Waals surface area contributed by atoms with E-state index in [4.69, 9.17) is 10.5 Å². The van der Waals surface area contributed by atoms with Crippen LogP contribution in [0.3, 0.4) is 0 Å². The molecule has 2 heterocycles. The van der Waals surface area contributed by atoms with E-state index in [0.29, 0.717) is 28.3 Å². The number of H-pyrrole nitrogens is 1. The van der Waals surface area contributed by atoms with Gasteiger partial charge in [0.1, 0.15) is 17.2 Å². The van der Waals surface area contributed by atoms with Gasteiger partial charge in [-0.25, -0.2) is 13.4 Å². The lowest BCUT2D eigenvalue weighted by Crippen LogP contribution is -2.02. The first-order chi connectivity index (χ1) is 13.5. The van der Waals surface area contributed by atoms with Crippen LogP contribution in [0.4, 0.5) is 17.2 Å².